The Morgan fingerprint density at radius 1 is 0.949 bits per heavy atom. The van der Waals surface area contributed by atoms with Gasteiger partial charge in [-0.3, -0.25) is 19.2 Å². The topological polar surface area (TPSA) is 105 Å². The lowest BCUT2D eigenvalue weighted by molar-refractivity contribution is -0.188. The van der Waals surface area contributed by atoms with Gasteiger partial charge < -0.3 is 18.9 Å². The van der Waals surface area contributed by atoms with Crippen LogP contribution in [-0.4, -0.2) is 48.3 Å². The van der Waals surface area contributed by atoms with Gasteiger partial charge in [0.05, 0.1) is 5.92 Å². The Balaban J connectivity index is 2.28. The van der Waals surface area contributed by atoms with Gasteiger partial charge in [-0.05, 0) is 54.6 Å². The van der Waals surface area contributed by atoms with Gasteiger partial charge in [0.15, 0.2) is 0 Å². The minimum atomic E-state index is -0.704. The third-order valence-electron chi connectivity index (χ3n) is 9.29. The van der Waals surface area contributed by atoms with Gasteiger partial charge in [-0.1, -0.05) is 46.8 Å². The number of esters is 4. The third-order valence-corrected chi connectivity index (χ3v) is 9.29. The third kappa shape index (κ3) is 6.09. The summed E-state index contributed by atoms with van der Waals surface area (Å²) >= 11 is 0. The molecule has 0 saturated heterocycles. The molecular weight excluding hydrogens is 500 g/mol. The first-order valence-electron chi connectivity index (χ1n) is 14.1. The van der Waals surface area contributed by atoms with E-state index in [1.54, 1.807) is 0 Å². The molecule has 0 spiro atoms. The van der Waals surface area contributed by atoms with Crippen molar-refractivity contribution in [2.45, 2.75) is 119 Å². The highest BCUT2D eigenvalue weighted by atomic mass is 16.6. The molecule has 0 unspecified atom stereocenters. The second-order valence-electron chi connectivity index (χ2n) is 12.6. The first kappa shape index (κ1) is 30.9. The van der Waals surface area contributed by atoms with Crippen LogP contribution in [0.25, 0.3) is 0 Å². The maximum atomic E-state index is 13.1. The lowest BCUT2D eigenvalue weighted by Crippen LogP contribution is -2.60. The summed E-state index contributed by atoms with van der Waals surface area (Å²) in [5, 5.41) is 0. The lowest BCUT2D eigenvalue weighted by Gasteiger charge is -2.58. The zero-order valence-electron chi connectivity index (χ0n) is 25.1. The summed E-state index contributed by atoms with van der Waals surface area (Å²) in [6.45, 7) is 20.5. The van der Waals surface area contributed by atoms with Crippen molar-refractivity contribution in [2.24, 2.45) is 28.6 Å². The molecule has 0 N–H and O–H groups in total. The van der Waals surface area contributed by atoms with Crippen molar-refractivity contribution in [3.8, 4) is 0 Å². The molecule has 2 fully saturated rings. The number of ether oxygens (including phenoxy) is 4. The van der Waals surface area contributed by atoms with Gasteiger partial charge >= 0.3 is 23.9 Å². The second-order valence-corrected chi connectivity index (χ2v) is 12.6. The van der Waals surface area contributed by atoms with Crippen molar-refractivity contribution in [1.82, 2.24) is 0 Å². The van der Waals surface area contributed by atoms with E-state index < -0.39 is 59.0 Å². The quantitative estimate of drug-likeness (QED) is 0.245. The van der Waals surface area contributed by atoms with E-state index >= 15 is 0 Å². The van der Waals surface area contributed by atoms with Crippen LogP contribution in [0, 0.1) is 28.6 Å². The molecule has 218 valence electrons. The van der Waals surface area contributed by atoms with Crippen LogP contribution in [0.3, 0.4) is 0 Å². The first-order valence-corrected chi connectivity index (χ1v) is 14.1. The minimum absolute atomic E-state index is 0.281. The summed E-state index contributed by atoms with van der Waals surface area (Å²) in [6.07, 6.45) is 0.463. The van der Waals surface area contributed by atoms with E-state index in [-0.39, 0.29) is 17.9 Å². The highest BCUT2D eigenvalue weighted by Crippen LogP contribution is 2.60. The normalized spacial score (nSPS) is 34.5. The van der Waals surface area contributed by atoms with E-state index in [4.69, 9.17) is 18.9 Å². The maximum Gasteiger partial charge on any atom is 0.308 e. The Labute approximate surface area is 232 Å². The monoisotopic (exact) mass is 546 g/mol. The molecule has 39 heavy (non-hydrogen) atoms. The van der Waals surface area contributed by atoms with Crippen LogP contribution in [0.5, 0.6) is 0 Å². The number of carbonyl (C=O) groups is 4. The van der Waals surface area contributed by atoms with E-state index in [0.717, 1.165) is 11.1 Å². The summed E-state index contributed by atoms with van der Waals surface area (Å²) in [5.41, 5.74) is 1.50. The van der Waals surface area contributed by atoms with Crippen LogP contribution < -0.4 is 0 Å². The molecule has 0 amide bonds. The van der Waals surface area contributed by atoms with Crippen LogP contribution in [0.1, 0.15) is 94.4 Å². The fraction of sp³-hybridized carbons (Fsp3) is 0.742. The molecule has 3 rings (SSSR count). The first-order chi connectivity index (χ1) is 18.0. The highest BCUT2D eigenvalue weighted by molar-refractivity contribution is 5.72. The Hall–Kier alpha value is -2.64. The molecule has 3 aliphatic rings. The number of hydrogen-bond donors (Lipinski definition) is 0. The van der Waals surface area contributed by atoms with E-state index in [9.17, 15) is 19.2 Å². The van der Waals surface area contributed by atoms with Gasteiger partial charge in [-0.2, -0.15) is 0 Å². The summed E-state index contributed by atoms with van der Waals surface area (Å²) in [7, 11) is 0. The highest BCUT2D eigenvalue weighted by Gasteiger charge is 2.61. The molecule has 0 aromatic rings. The summed E-state index contributed by atoms with van der Waals surface area (Å²) in [4.78, 5) is 50.1. The van der Waals surface area contributed by atoms with Gasteiger partial charge in [0, 0.05) is 39.0 Å². The van der Waals surface area contributed by atoms with Crippen LogP contribution in [-0.2, 0) is 38.1 Å². The van der Waals surface area contributed by atoms with Crippen molar-refractivity contribution in [1.29, 1.82) is 0 Å². The van der Waals surface area contributed by atoms with Crippen molar-refractivity contribution in [2.75, 3.05) is 0 Å². The molecule has 0 radical (unpaired) electrons. The molecule has 2 saturated carbocycles. The van der Waals surface area contributed by atoms with E-state index in [1.807, 2.05) is 34.6 Å². The molecule has 3 aliphatic carbocycles. The average Bonchev–Trinajstić information content (AvgIpc) is 2.77. The van der Waals surface area contributed by atoms with Crippen molar-refractivity contribution < 1.29 is 38.1 Å². The van der Waals surface area contributed by atoms with Crippen LogP contribution >= 0.6 is 0 Å². The fourth-order valence-electron chi connectivity index (χ4n) is 7.58. The molecule has 2 bridgehead atoms. The predicted molar refractivity (Wildman–Crippen MR) is 145 cm³/mol. The molecule has 0 heterocycles. The largest absolute Gasteiger partial charge is 0.461 e. The smallest absolute Gasteiger partial charge is 0.308 e. The van der Waals surface area contributed by atoms with Crippen molar-refractivity contribution >= 4 is 23.9 Å². The zero-order valence-corrected chi connectivity index (χ0v) is 25.1. The van der Waals surface area contributed by atoms with Crippen LogP contribution in [0.15, 0.2) is 23.3 Å². The molecule has 8 heteroatoms. The molecule has 0 aliphatic heterocycles. The average molecular weight is 547 g/mol. The SMILES string of the molecule is C=C1[C@@H]2[C@@H](OC(C)=O)[C@H]3[C@H](OC(=O)[C@H](C)CC)CC(C)=C([C@H](OC(C)=O)C[C@@]2(C)CC[C@H]1OC(C)=O)C3(C)C. The van der Waals surface area contributed by atoms with E-state index in [2.05, 4.69) is 13.5 Å². The number of hydrogen-bond acceptors (Lipinski definition) is 8. The number of rotatable bonds is 6. The van der Waals surface area contributed by atoms with E-state index in [1.165, 1.54) is 20.8 Å². The van der Waals surface area contributed by atoms with Gasteiger partial charge in [-0.15, -0.1) is 0 Å². The minimum Gasteiger partial charge on any atom is -0.461 e. The standard InChI is InChI=1S/C31H46O8/c1-11-16(2)29(35)39-23-14-17(3)25-24(37-20(6)33)15-31(10)13-12-22(36-19(5)32)18(4)26(31)28(38-21(7)34)27(23)30(25,8)9/h16,22-24,26-28H,4,11-15H2,1-3,5-10H3/t16-,22-,23-,24-,26-,27-,28-,31-/m1/s1. The van der Waals surface area contributed by atoms with Gasteiger partial charge in [0.2, 0.25) is 0 Å². The Morgan fingerprint density at radius 3 is 2.05 bits per heavy atom. The van der Waals surface area contributed by atoms with E-state index in [0.29, 0.717) is 37.7 Å². The van der Waals surface area contributed by atoms with Crippen molar-refractivity contribution in [3.63, 3.8) is 0 Å². The molecule has 8 atom stereocenters. The summed E-state index contributed by atoms with van der Waals surface area (Å²) in [6, 6.07) is 0. The summed E-state index contributed by atoms with van der Waals surface area (Å²) in [5.74, 6) is -2.68. The Morgan fingerprint density at radius 2 is 1.51 bits per heavy atom. The Bertz CT molecular complexity index is 1050. The van der Waals surface area contributed by atoms with Crippen molar-refractivity contribution in [3.05, 3.63) is 23.3 Å². The zero-order chi connectivity index (χ0) is 29.4. The Kier molecular flexibility index (Phi) is 9.08. The van der Waals surface area contributed by atoms with Gasteiger partial charge in [0.1, 0.15) is 24.4 Å². The molecule has 0 aromatic heterocycles. The van der Waals surface area contributed by atoms with Crippen LogP contribution in [0.2, 0.25) is 0 Å². The van der Waals surface area contributed by atoms with Gasteiger partial charge in [0.25, 0.3) is 0 Å². The molecule has 8 nitrogen and oxygen atoms in total. The maximum absolute atomic E-state index is 13.1. The van der Waals surface area contributed by atoms with Crippen LogP contribution in [0.4, 0.5) is 0 Å². The predicted octanol–water partition coefficient (Wildman–Crippen LogP) is 5.48. The van der Waals surface area contributed by atoms with Gasteiger partial charge in [-0.25, -0.2) is 0 Å². The molecular formula is C31H46O8. The molecule has 0 aromatic carbocycles. The summed E-state index contributed by atoms with van der Waals surface area (Å²) < 4.78 is 24.1. The lowest BCUT2D eigenvalue weighted by atomic mass is 9.50. The number of carbonyl (C=O) groups excluding carboxylic acids is 4. The fourth-order valence-corrected chi connectivity index (χ4v) is 7.58. The number of fused-ring (bicyclic) bond motifs is 3. The second kappa shape index (κ2) is 11.5.